The predicted molar refractivity (Wildman–Crippen MR) is 53.1 cm³/mol. The van der Waals surface area contributed by atoms with Crippen LogP contribution >= 0.6 is 0 Å². The molecule has 0 amide bonds. The molecule has 1 unspecified atom stereocenters. The average molecular weight is 170 g/mol. The Kier molecular flexibility index (Phi) is 4.02. The molecule has 2 nitrogen and oxygen atoms in total. The third-order valence-corrected chi connectivity index (χ3v) is 2.87. The second-order valence-corrected chi connectivity index (χ2v) is 4.00. The molecule has 1 fully saturated rings. The number of likely N-dealkylation sites (N-methyl/N-ethyl adjacent to an activating group) is 1. The second-order valence-electron chi connectivity index (χ2n) is 4.00. The number of hydrogen-bond acceptors (Lipinski definition) is 2. The van der Waals surface area contributed by atoms with Crippen molar-refractivity contribution >= 4 is 0 Å². The minimum atomic E-state index is 0.797. The van der Waals surface area contributed by atoms with E-state index in [1.807, 2.05) is 0 Å². The Morgan fingerprint density at radius 2 is 2.17 bits per heavy atom. The van der Waals surface area contributed by atoms with Gasteiger partial charge in [0.25, 0.3) is 0 Å². The van der Waals surface area contributed by atoms with E-state index in [0.717, 1.165) is 31.5 Å². The van der Waals surface area contributed by atoms with Crippen molar-refractivity contribution in [1.82, 2.24) is 4.90 Å². The highest BCUT2D eigenvalue weighted by Gasteiger charge is 2.28. The van der Waals surface area contributed by atoms with Gasteiger partial charge < -0.3 is 10.6 Å². The van der Waals surface area contributed by atoms with Crippen LogP contribution in [0.1, 0.15) is 26.7 Å². The smallest absolute Gasteiger partial charge is 0.0105 e. The van der Waals surface area contributed by atoms with Crippen LogP contribution < -0.4 is 5.73 Å². The quantitative estimate of drug-likeness (QED) is 0.651. The minimum Gasteiger partial charge on any atom is -0.329 e. The summed E-state index contributed by atoms with van der Waals surface area (Å²) in [6.45, 7) is 8.84. The fraction of sp³-hybridized carbons (Fsp3) is 1.00. The van der Waals surface area contributed by atoms with Crippen LogP contribution in [0.4, 0.5) is 0 Å². The van der Waals surface area contributed by atoms with Crippen LogP contribution in [0.3, 0.4) is 0 Å². The van der Waals surface area contributed by atoms with Gasteiger partial charge >= 0.3 is 0 Å². The lowest BCUT2D eigenvalue weighted by Gasteiger charge is -2.23. The van der Waals surface area contributed by atoms with Gasteiger partial charge in [0.1, 0.15) is 0 Å². The molecular formula is C10H22N2. The summed E-state index contributed by atoms with van der Waals surface area (Å²) in [5, 5.41) is 0. The monoisotopic (exact) mass is 170 g/mol. The molecule has 0 saturated heterocycles. The fourth-order valence-corrected chi connectivity index (χ4v) is 1.78. The minimum absolute atomic E-state index is 0.797. The van der Waals surface area contributed by atoms with Crippen LogP contribution in [0.25, 0.3) is 0 Å². The Bertz CT molecular complexity index is 121. The summed E-state index contributed by atoms with van der Waals surface area (Å²) in [7, 11) is 0. The van der Waals surface area contributed by atoms with Crippen molar-refractivity contribution in [3.8, 4) is 0 Å². The van der Waals surface area contributed by atoms with Crippen LogP contribution in [0.5, 0.6) is 0 Å². The van der Waals surface area contributed by atoms with Crippen LogP contribution in [-0.2, 0) is 0 Å². The van der Waals surface area contributed by atoms with Crippen molar-refractivity contribution in [2.45, 2.75) is 26.7 Å². The molecule has 0 aromatic carbocycles. The van der Waals surface area contributed by atoms with Crippen molar-refractivity contribution < 1.29 is 0 Å². The van der Waals surface area contributed by atoms with Crippen LogP contribution in [0, 0.1) is 11.8 Å². The lowest BCUT2D eigenvalue weighted by Crippen LogP contribution is -2.33. The van der Waals surface area contributed by atoms with Crippen LogP contribution in [0.2, 0.25) is 0 Å². The van der Waals surface area contributed by atoms with E-state index in [1.54, 1.807) is 0 Å². The molecule has 1 aliphatic carbocycles. The normalized spacial score (nSPS) is 20.0. The summed E-state index contributed by atoms with van der Waals surface area (Å²) in [5.41, 5.74) is 5.53. The number of rotatable bonds is 6. The van der Waals surface area contributed by atoms with E-state index < -0.39 is 0 Å². The van der Waals surface area contributed by atoms with E-state index in [9.17, 15) is 0 Å². The standard InChI is InChI=1S/C10H22N2/c1-3-12(7-6-11)8-9(2)10-4-5-10/h9-10H,3-8,11H2,1-2H3. The molecule has 1 aliphatic rings. The highest BCUT2D eigenvalue weighted by molar-refractivity contribution is 4.80. The van der Waals surface area contributed by atoms with Gasteiger partial charge in [-0.1, -0.05) is 13.8 Å². The summed E-state index contributed by atoms with van der Waals surface area (Å²) in [6.07, 6.45) is 2.92. The van der Waals surface area contributed by atoms with E-state index in [0.29, 0.717) is 0 Å². The van der Waals surface area contributed by atoms with Gasteiger partial charge in [-0.05, 0) is 31.2 Å². The Morgan fingerprint density at radius 1 is 1.50 bits per heavy atom. The van der Waals surface area contributed by atoms with Gasteiger partial charge in [0.2, 0.25) is 0 Å². The third kappa shape index (κ3) is 3.11. The van der Waals surface area contributed by atoms with Crippen molar-refractivity contribution in [2.24, 2.45) is 17.6 Å². The first-order chi connectivity index (χ1) is 5.77. The molecule has 0 radical (unpaired) electrons. The van der Waals surface area contributed by atoms with Gasteiger partial charge in [0.15, 0.2) is 0 Å². The molecule has 0 bridgehead atoms. The van der Waals surface area contributed by atoms with Crippen LogP contribution in [-0.4, -0.2) is 31.1 Å². The van der Waals surface area contributed by atoms with Gasteiger partial charge in [0.05, 0.1) is 0 Å². The van der Waals surface area contributed by atoms with Gasteiger partial charge in [0, 0.05) is 19.6 Å². The van der Waals surface area contributed by atoms with Gasteiger partial charge in [-0.2, -0.15) is 0 Å². The van der Waals surface area contributed by atoms with E-state index in [1.165, 1.54) is 19.4 Å². The van der Waals surface area contributed by atoms with Crippen molar-refractivity contribution in [3.63, 3.8) is 0 Å². The first kappa shape index (κ1) is 10.0. The zero-order chi connectivity index (χ0) is 8.97. The van der Waals surface area contributed by atoms with Crippen LogP contribution in [0.15, 0.2) is 0 Å². The largest absolute Gasteiger partial charge is 0.329 e. The van der Waals surface area contributed by atoms with E-state index >= 15 is 0 Å². The Labute approximate surface area is 76.1 Å². The maximum Gasteiger partial charge on any atom is 0.0105 e. The first-order valence-electron chi connectivity index (χ1n) is 5.20. The lowest BCUT2D eigenvalue weighted by molar-refractivity contribution is 0.242. The molecule has 2 heteroatoms. The van der Waals surface area contributed by atoms with E-state index in [2.05, 4.69) is 18.7 Å². The Hall–Kier alpha value is -0.0800. The number of nitrogens with zero attached hydrogens (tertiary/aromatic N) is 1. The molecule has 0 heterocycles. The summed E-state index contributed by atoms with van der Waals surface area (Å²) in [4.78, 5) is 2.46. The fourth-order valence-electron chi connectivity index (χ4n) is 1.78. The van der Waals surface area contributed by atoms with Crippen molar-refractivity contribution in [2.75, 3.05) is 26.2 Å². The first-order valence-corrected chi connectivity index (χ1v) is 5.20. The van der Waals surface area contributed by atoms with Crippen molar-refractivity contribution in [1.29, 1.82) is 0 Å². The molecule has 1 atom stereocenters. The summed E-state index contributed by atoms with van der Waals surface area (Å²) >= 11 is 0. The SMILES string of the molecule is CCN(CCN)CC(C)C1CC1. The summed E-state index contributed by atoms with van der Waals surface area (Å²) < 4.78 is 0. The van der Waals surface area contributed by atoms with Gasteiger partial charge in [-0.25, -0.2) is 0 Å². The zero-order valence-electron chi connectivity index (χ0n) is 8.42. The lowest BCUT2D eigenvalue weighted by atomic mass is 10.1. The molecular weight excluding hydrogens is 148 g/mol. The van der Waals surface area contributed by atoms with Gasteiger partial charge in [-0.15, -0.1) is 0 Å². The number of hydrogen-bond donors (Lipinski definition) is 1. The maximum atomic E-state index is 5.53. The topological polar surface area (TPSA) is 29.3 Å². The Morgan fingerprint density at radius 3 is 2.58 bits per heavy atom. The summed E-state index contributed by atoms with van der Waals surface area (Å²) in [5.74, 6) is 1.91. The molecule has 0 aromatic rings. The molecule has 2 N–H and O–H groups in total. The molecule has 1 rings (SSSR count). The van der Waals surface area contributed by atoms with Gasteiger partial charge in [-0.3, -0.25) is 0 Å². The van der Waals surface area contributed by atoms with E-state index in [-0.39, 0.29) is 0 Å². The highest BCUT2D eigenvalue weighted by atomic mass is 15.1. The molecule has 0 spiro atoms. The molecule has 1 saturated carbocycles. The Balaban J connectivity index is 2.15. The van der Waals surface area contributed by atoms with E-state index in [4.69, 9.17) is 5.73 Å². The highest BCUT2D eigenvalue weighted by Crippen LogP contribution is 2.36. The molecule has 0 aromatic heterocycles. The third-order valence-electron chi connectivity index (χ3n) is 2.87. The molecule has 72 valence electrons. The van der Waals surface area contributed by atoms with Crippen molar-refractivity contribution in [3.05, 3.63) is 0 Å². The molecule has 0 aliphatic heterocycles. The summed E-state index contributed by atoms with van der Waals surface area (Å²) in [6, 6.07) is 0. The number of nitrogens with two attached hydrogens (primary N) is 1. The maximum absolute atomic E-state index is 5.53. The predicted octanol–water partition coefficient (Wildman–Crippen LogP) is 1.31. The average Bonchev–Trinajstić information content (AvgIpc) is 2.85. The second kappa shape index (κ2) is 4.83. The molecule has 12 heavy (non-hydrogen) atoms. The zero-order valence-corrected chi connectivity index (χ0v) is 8.42.